The smallest absolute Gasteiger partial charge is 0.325 e. The average molecular weight is 333 g/mol. The Balaban J connectivity index is 2.81. The highest BCUT2D eigenvalue weighted by Gasteiger charge is 2.15. The summed E-state index contributed by atoms with van der Waals surface area (Å²) in [6.45, 7) is 3.33. The Labute approximate surface area is 107 Å². The largest absolute Gasteiger partial charge is 0.480 e. The summed E-state index contributed by atoms with van der Waals surface area (Å²) in [5.41, 5.74) is 1.47. The third-order valence-corrected chi connectivity index (χ3v) is 3.35. The van der Waals surface area contributed by atoms with Crippen LogP contribution in [-0.2, 0) is 4.79 Å². The van der Waals surface area contributed by atoms with Crippen molar-refractivity contribution in [3.8, 4) is 0 Å². The monoisotopic (exact) mass is 333 g/mol. The van der Waals surface area contributed by atoms with E-state index in [4.69, 9.17) is 5.11 Å². The molecule has 4 nitrogen and oxygen atoms in total. The molecular formula is C11H12INO3. The molecule has 0 spiro atoms. The summed E-state index contributed by atoms with van der Waals surface area (Å²) in [5.74, 6) is -1.41. The van der Waals surface area contributed by atoms with E-state index in [1.165, 1.54) is 6.92 Å². The Hall–Kier alpha value is -1.11. The minimum atomic E-state index is -1.05. The Morgan fingerprint density at radius 1 is 1.44 bits per heavy atom. The summed E-state index contributed by atoms with van der Waals surface area (Å²) >= 11 is 2.17. The van der Waals surface area contributed by atoms with Crippen LogP contribution in [0.25, 0.3) is 0 Å². The fraction of sp³-hybridized carbons (Fsp3) is 0.273. The minimum absolute atomic E-state index is 0.366. The maximum Gasteiger partial charge on any atom is 0.325 e. The molecule has 86 valence electrons. The Kier molecular flexibility index (Phi) is 4.28. The van der Waals surface area contributed by atoms with E-state index < -0.39 is 12.0 Å². The van der Waals surface area contributed by atoms with Crippen LogP contribution in [0.4, 0.5) is 0 Å². The van der Waals surface area contributed by atoms with E-state index in [1.54, 1.807) is 12.1 Å². The lowest BCUT2D eigenvalue weighted by Gasteiger charge is -2.09. The van der Waals surface area contributed by atoms with E-state index in [0.717, 1.165) is 9.13 Å². The van der Waals surface area contributed by atoms with Gasteiger partial charge in [-0.2, -0.15) is 0 Å². The molecular weight excluding hydrogens is 321 g/mol. The van der Waals surface area contributed by atoms with Gasteiger partial charge in [0, 0.05) is 9.13 Å². The normalized spacial score (nSPS) is 11.9. The van der Waals surface area contributed by atoms with E-state index in [9.17, 15) is 9.59 Å². The van der Waals surface area contributed by atoms with Crippen LogP contribution in [0.3, 0.4) is 0 Å². The lowest BCUT2D eigenvalue weighted by Crippen LogP contribution is -2.38. The first-order valence-electron chi connectivity index (χ1n) is 4.71. The molecule has 1 aromatic carbocycles. The van der Waals surface area contributed by atoms with Crippen LogP contribution in [0.2, 0.25) is 0 Å². The van der Waals surface area contributed by atoms with Crippen molar-refractivity contribution in [3.63, 3.8) is 0 Å². The van der Waals surface area contributed by atoms with E-state index >= 15 is 0 Å². The molecule has 0 aromatic heterocycles. The van der Waals surface area contributed by atoms with Gasteiger partial charge in [-0.25, -0.2) is 0 Å². The minimum Gasteiger partial charge on any atom is -0.480 e. The van der Waals surface area contributed by atoms with Gasteiger partial charge in [0.25, 0.3) is 5.91 Å². The summed E-state index contributed by atoms with van der Waals surface area (Å²) in [5, 5.41) is 11.1. The van der Waals surface area contributed by atoms with Gasteiger partial charge in [-0.15, -0.1) is 0 Å². The summed E-state index contributed by atoms with van der Waals surface area (Å²) in [4.78, 5) is 22.2. The fourth-order valence-electron chi connectivity index (χ4n) is 1.13. The SMILES string of the molecule is Cc1cc(C(=O)N[C@H](C)C(=O)O)ccc1I. The average Bonchev–Trinajstić information content (AvgIpc) is 2.21. The predicted molar refractivity (Wildman–Crippen MR) is 68.5 cm³/mol. The molecule has 1 aromatic rings. The number of hydrogen-bond acceptors (Lipinski definition) is 2. The van der Waals surface area contributed by atoms with Gasteiger partial charge in [0.05, 0.1) is 0 Å². The molecule has 16 heavy (non-hydrogen) atoms. The van der Waals surface area contributed by atoms with Crippen molar-refractivity contribution in [3.05, 3.63) is 32.9 Å². The van der Waals surface area contributed by atoms with Gasteiger partial charge in [-0.1, -0.05) is 0 Å². The van der Waals surface area contributed by atoms with Gasteiger partial charge in [-0.3, -0.25) is 9.59 Å². The van der Waals surface area contributed by atoms with Crippen LogP contribution < -0.4 is 5.32 Å². The van der Waals surface area contributed by atoms with Gasteiger partial charge in [0.15, 0.2) is 0 Å². The van der Waals surface area contributed by atoms with Gasteiger partial charge in [0.2, 0.25) is 0 Å². The van der Waals surface area contributed by atoms with Crippen molar-refractivity contribution < 1.29 is 14.7 Å². The zero-order valence-corrected chi connectivity index (χ0v) is 11.1. The van der Waals surface area contributed by atoms with Crippen LogP contribution in [0.15, 0.2) is 18.2 Å². The number of aliphatic carboxylic acids is 1. The van der Waals surface area contributed by atoms with Crippen molar-refractivity contribution in [2.75, 3.05) is 0 Å². The highest BCUT2D eigenvalue weighted by Crippen LogP contribution is 2.13. The number of nitrogens with one attached hydrogen (secondary N) is 1. The van der Waals surface area contributed by atoms with Crippen molar-refractivity contribution in [1.29, 1.82) is 0 Å². The summed E-state index contributed by atoms with van der Waals surface area (Å²) < 4.78 is 1.07. The molecule has 0 radical (unpaired) electrons. The first-order chi connectivity index (χ1) is 7.41. The molecule has 0 fully saturated rings. The Bertz CT molecular complexity index is 431. The Morgan fingerprint density at radius 2 is 2.06 bits per heavy atom. The third kappa shape index (κ3) is 3.19. The number of benzene rings is 1. The standard InChI is InChI=1S/C11H12INO3/c1-6-5-8(3-4-9(6)12)10(14)13-7(2)11(15)16/h3-5,7H,1-2H3,(H,13,14)(H,15,16)/t7-/m1/s1. The van der Waals surface area contributed by atoms with E-state index in [1.807, 2.05) is 13.0 Å². The maximum atomic E-state index is 11.6. The van der Waals surface area contributed by atoms with Crippen LogP contribution in [0.1, 0.15) is 22.8 Å². The van der Waals surface area contributed by atoms with Gasteiger partial charge < -0.3 is 10.4 Å². The molecule has 0 aliphatic heterocycles. The number of carbonyl (C=O) groups is 2. The van der Waals surface area contributed by atoms with Crippen LogP contribution in [0, 0.1) is 10.5 Å². The van der Waals surface area contributed by atoms with E-state index in [2.05, 4.69) is 27.9 Å². The maximum absolute atomic E-state index is 11.6. The summed E-state index contributed by atoms with van der Waals surface area (Å²) in [6.07, 6.45) is 0. The summed E-state index contributed by atoms with van der Waals surface area (Å²) in [6, 6.07) is 4.37. The molecule has 2 N–H and O–H groups in total. The quantitative estimate of drug-likeness (QED) is 0.829. The number of rotatable bonds is 3. The predicted octanol–water partition coefficient (Wildman–Crippen LogP) is 1.80. The van der Waals surface area contributed by atoms with Crippen molar-refractivity contribution in [1.82, 2.24) is 5.32 Å². The number of halogens is 1. The van der Waals surface area contributed by atoms with Crippen molar-refractivity contribution in [2.24, 2.45) is 0 Å². The molecule has 0 bridgehead atoms. The van der Waals surface area contributed by atoms with Gasteiger partial charge in [0.1, 0.15) is 6.04 Å². The second-order valence-electron chi connectivity index (χ2n) is 3.50. The fourth-order valence-corrected chi connectivity index (χ4v) is 1.46. The van der Waals surface area contributed by atoms with Crippen molar-refractivity contribution in [2.45, 2.75) is 19.9 Å². The molecule has 5 heteroatoms. The number of amides is 1. The zero-order chi connectivity index (χ0) is 12.3. The van der Waals surface area contributed by atoms with Crippen LogP contribution >= 0.6 is 22.6 Å². The van der Waals surface area contributed by atoms with E-state index in [0.29, 0.717) is 5.56 Å². The molecule has 0 heterocycles. The van der Waals surface area contributed by atoms with Crippen molar-refractivity contribution >= 4 is 34.5 Å². The molecule has 0 aliphatic rings. The molecule has 0 aliphatic carbocycles. The lowest BCUT2D eigenvalue weighted by atomic mass is 10.1. The Morgan fingerprint density at radius 3 is 2.56 bits per heavy atom. The highest BCUT2D eigenvalue weighted by atomic mass is 127. The summed E-state index contributed by atoms with van der Waals surface area (Å²) in [7, 11) is 0. The highest BCUT2D eigenvalue weighted by molar-refractivity contribution is 14.1. The number of carbonyl (C=O) groups excluding carboxylic acids is 1. The first-order valence-corrected chi connectivity index (χ1v) is 5.79. The number of hydrogen-bond donors (Lipinski definition) is 2. The molecule has 1 rings (SSSR count). The van der Waals surface area contributed by atoms with Gasteiger partial charge >= 0.3 is 5.97 Å². The number of aryl methyl sites for hydroxylation is 1. The second kappa shape index (κ2) is 5.29. The molecule has 0 saturated carbocycles. The third-order valence-electron chi connectivity index (χ3n) is 2.14. The molecule has 0 unspecified atom stereocenters. The van der Waals surface area contributed by atoms with E-state index in [-0.39, 0.29) is 5.91 Å². The van der Waals surface area contributed by atoms with Crippen LogP contribution in [0.5, 0.6) is 0 Å². The first kappa shape index (κ1) is 13.0. The lowest BCUT2D eigenvalue weighted by molar-refractivity contribution is -0.138. The second-order valence-corrected chi connectivity index (χ2v) is 4.66. The van der Waals surface area contributed by atoms with Gasteiger partial charge in [-0.05, 0) is 60.2 Å². The molecule has 0 saturated heterocycles. The number of carboxylic acid groups (broad SMARTS) is 1. The molecule has 1 amide bonds. The molecule has 1 atom stereocenters. The van der Waals surface area contributed by atoms with Crippen LogP contribution in [-0.4, -0.2) is 23.0 Å². The topological polar surface area (TPSA) is 66.4 Å². The zero-order valence-electron chi connectivity index (χ0n) is 8.95. The number of carboxylic acids is 1.